The van der Waals surface area contributed by atoms with E-state index in [2.05, 4.69) is 5.32 Å². The van der Waals surface area contributed by atoms with Crippen LogP contribution in [0.4, 0.5) is 0 Å². The Labute approximate surface area is 111 Å². The number of halogens is 2. The molecule has 0 heterocycles. The highest BCUT2D eigenvalue weighted by Gasteiger charge is 2.16. The number of carbonyl (C=O) groups excluding carboxylic acids is 1. The molecule has 17 heavy (non-hydrogen) atoms. The standard InChI is InChI=1S/C12H15Cl2NO2/c1-7(2)12(17)15-11(6-16)8-3-9(13)5-10(14)4-8/h3-5,7,11,16H,6H2,1-2H3,(H,15,17). The number of aliphatic hydroxyl groups excluding tert-OH is 1. The molecular formula is C12H15Cl2NO2. The van der Waals surface area contributed by atoms with Crippen molar-refractivity contribution < 1.29 is 9.90 Å². The number of nitrogens with one attached hydrogen (secondary N) is 1. The second-order valence-electron chi connectivity index (χ2n) is 4.10. The van der Waals surface area contributed by atoms with Crippen LogP contribution in [0.3, 0.4) is 0 Å². The van der Waals surface area contributed by atoms with Crippen molar-refractivity contribution in [2.24, 2.45) is 5.92 Å². The minimum atomic E-state index is -0.485. The highest BCUT2D eigenvalue weighted by Crippen LogP contribution is 2.23. The lowest BCUT2D eigenvalue weighted by Crippen LogP contribution is -2.33. The molecule has 1 atom stereocenters. The van der Waals surface area contributed by atoms with Gasteiger partial charge in [0.05, 0.1) is 12.6 Å². The Hall–Kier alpha value is -0.770. The van der Waals surface area contributed by atoms with E-state index in [1.807, 2.05) is 0 Å². The first-order chi connectivity index (χ1) is 7.93. The second kappa shape index (κ2) is 6.24. The van der Waals surface area contributed by atoms with E-state index in [1.54, 1.807) is 32.0 Å². The molecule has 2 N–H and O–H groups in total. The molecule has 1 rings (SSSR count). The number of amides is 1. The van der Waals surface area contributed by atoms with E-state index >= 15 is 0 Å². The average Bonchev–Trinajstić information content (AvgIpc) is 2.23. The maximum Gasteiger partial charge on any atom is 0.223 e. The maximum atomic E-state index is 11.6. The molecule has 0 saturated heterocycles. The molecule has 0 aromatic heterocycles. The van der Waals surface area contributed by atoms with Gasteiger partial charge in [0.2, 0.25) is 5.91 Å². The second-order valence-corrected chi connectivity index (χ2v) is 4.97. The van der Waals surface area contributed by atoms with Crippen molar-refractivity contribution in [2.45, 2.75) is 19.9 Å². The summed E-state index contributed by atoms with van der Waals surface area (Å²) in [5.74, 6) is -0.265. The highest BCUT2D eigenvalue weighted by atomic mass is 35.5. The minimum Gasteiger partial charge on any atom is -0.394 e. The van der Waals surface area contributed by atoms with E-state index in [4.69, 9.17) is 23.2 Å². The zero-order chi connectivity index (χ0) is 13.0. The Balaban J connectivity index is 2.89. The molecule has 1 aromatic carbocycles. The van der Waals surface area contributed by atoms with Gasteiger partial charge in [0, 0.05) is 16.0 Å². The summed E-state index contributed by atoms with van der Waals surface area (Å²) in [6, 6.07) is 4.47. The average molecular weight is 276 g/mol. The van der Waals surface area contributed by atoms with Gasteiger partial charge >= 0.3 is 0 Å². The summed E-state index contributed by atoms with van der Waals surface area (Å²) >= 11 is 11.7. The van der Waals surface area contributed by atoms with Gasteiger partial charge in [-0.3, -0.25) is 4.79 Å². The molecule has 0 radical (unpaired) electrons. The van der Waals surface area contributed by atoms with Crippen LogP contribution in [0.5, 0.6) is 0 Å². The molecule has 0 spiro atoms. The van der Waals surface area contributed by atoms with Crippen LogP contribution in [-0.2, 0) is 4.79 Å². The third-order valence-corrected chi connectivity index (χ3v) is 2.75. The predicted octanol–water partition coefficient (Wildman–Crippen LogP) is 2.80. The van der Waals surface area contributed by atoms with Gasteiger partial charge in [-0.1, -0.05) is 37.0 Å². The zero-order valence-corrected chi connectivity index (χ0v) is 11.2. The third-order valence-electron chi connectivity index (χ3n) is 2.31. The molecule has 1 aromatic rings. The Bertz CT molecular complexity index is 387. The van der Waals surface area contributed by atoms with Crippen LogP contribution in [0.1, 0.15) is 25.5 Å². The van der Waals surface area contributed by atoms with Gasteiger partial charge < -0.3 is 10.4 Å². The van der Waals surface area contributed by atoms with E-state index in [1.165, 1.54) is 0 Å². The number of rotatable bonds is 4. The number of benzene rings is 1. The lowest BCUT2D eigenvalue weighted by molar-refractivity contribution is -0.125. The zero-order valence-electron chi connectivity index (χ0n) is 9.71. The topological polar surface area (TPSA) is 49.3 Å². The molecule has 0 aliphatic carbocycles. The fourth-order valence-electron chi connectivity index (χ4n) is 1.35. The van der Waals surface area contributed by atoms with Crippen LogP contribution in [0, 0.1) is 5.92 Å². The molecule has 5 heteroatoms. The van der Waals surface area contributed by atoms with Gasteiger partial charge in [-0.15, -0.1) is 0 Å². The van der Waals surface area contributed by atoms with E-state index in [0.29, 0.717) is 15.6 Å². The van der Waals surface area contributed by atoms with Crippen molar-refractivity contribution >= 4 is 29.1 Å². The number of aliphatic hydroxyl groups is 1. The Morgan fingerprint density at radius 3 is 2.24 bits per heavy atom. The van der Waals surface area contributed by atoms with Gasteiger partial charge in [-0.2, -0.15) is 0 Å². The first-order valence-electron chi connectivity index (χ1n) is 5.31. The monoisotopic (exact) mass is 275 g/mol. The Morgan fingerprint density at radius 1 is 1.29 bits per heavy atom. The normalized spacial score (nSPS) is 12.6. The van der Waals surface area contributed by atoms with Crippen molar-refractivity contribution in [2.75, 3.05) is 6.61 Å². The summed E-state index contributed by atoms with van der Waals surface area (Å²) in [4.78, 5) is 11.6. The van der Waals surface area contributed by atoms with E-state index in [9.17, 15) is 9.90 Å². The molecule has 0 saturated carbocycles. The molecular weight excluding hydrogens is 261 g/mol. The molecule has 3 nitrogen and oxygen atoms in total. The smallest absolute Gasteiger partial charge is 0.223 e. The SMILES string of the molecule is CC(C)C(=O)NC(CO)c1cc(Cl)cc(Cl)c1. The van der Waals surface area contributed by atoms with Crippen LogP contribution >= 0.6 is 23.2 Å². The van der Waals surface area contributed by atoms with Crippen LogP contribution < -0.4 is 5.32 Å². The lowest BCUT2D eigenvalue weighted by Gasteiger charge is -2.18. The molecule has 0 aliphatic heterocycles. The maximum absolute atomic E-state index is 11.6. The number of hydrogen-bond donors (Lipinski definition) is 2. The van der Waals surface area contributed by atoms with Crippen LogP contribution in [0.15, 0.2) is 18.2 Å². The van der Waals surface area contributed by atoms with Gasteiger partial charge in [-0.05, 0) is 23.8 Å². The molecule has 0 bridgehead atoms. The van der Waals surface area contributed by atoms with Crippen molar-refractivity contribution in [3.8, 4) is 0 Å². The first-order valence-corrected chi connectivity index (χ1v) is 6.07. The third kappa shape index (κ3) is 4.19. The van der Waals surface area contributed by atoms with Crippen molar-refractivity contribution in [3.63, 3.8) is 0 Å². The van der Waals surface area contributed by atoms with Gasteiger partial charge in [0.25, 0.3) is 0 Å². The van der Waals surface area contributed by atoms with Crippen LogP contribution in [0.2, 0.25) is 10.0 Å². The Kier molecular flexibility index (Phi) is 5.25. The lowest BCUT2D eigenvalue weighted by atomic mass is 10.1. The van der Waals surface area contributed by atoms with Gasteiger partial charge in [-0.25, -0.2) is 0 Å². The molecule has 0 aliphatic rings. The van der Waals surface area contributed by atoms with Crippen LogP contribution in [0.25, 0.3) is 0 Å². The van der Waals surface area contributed by atoms with Crippen molar-refractivity contribution in [1.29, 1.82) is 0 Å². The fourth-order valence-corrected chi connectivity index (χ4v) is 1.89. The first kappa shape index (κ1) is 14.3. The summed E-state index contributed by atoms with van der Waals surface area (Å²) in [7, 11) is 0. The largest absolute Gasteiger partial charge is 0.394 e. The van der Waals surface area contributed by atoms with Crippen LogP contribution in [-0.4, -0.2) is 17.6 Å². The molecule has 1 unspecified atom stereocenters. The molecule has 94 valence electrons. The van der Waals surface area contributed by atoms with E-state index in [-0.39, 0.29) is 18.4 Å². The summed E-state index contributed by atoms with van der Waals surface area (Å²) in [5, 5.41) is 13.0. The van der Waals surface area contributed by atoms with Crippen molar-refractivity contribution in [3.05, 3.63) is 33.8 Å². The summed E-state index contributed by atoms with van der Waals surface area (Å²) in [6.07, 6.45) is 0. The van der Waals surface area contributed by atoms with E-state index in [0.717, 1.165) is 0 Å². The number of hydrogen-bond acceptors (Lipinski definition) is 2. The minimum absolute atomic E-state index is 0.125. The summed E-state index contributed by atoms with van der Waals surface area (Å²) in [6.45, 7) is 3.37. The molecule has 1 amide bonds. The fraction of sp³-hybridized carbons (Fsp3) is 0.417. The number of carbonyl (C=O) groups is 1. The summed E-state index contributed by atoms with van der Waals surface area (Å²) in [5.41, 5.74) is 0.694. The summed E-state index contributed by atoms with van der Waals surface area (Å²) < 4.78 is 0. The quantitative estimate of drug-likeness (QED) is 0.888. The highest BCUT2D eigenvalue weighted by molar-refractivity contribution is 6.34. The molecule has 0 fully saturated rings. The van der Waals surface area contributed by atoms with Crippen molar-refractivity contribution in [1.82, 2.24) is 5.32 Å². The predicted molar refractivity (Wildman–Crippen MR) is 69.3 cm³/mol. The van der Waals surface area contributed by atoms with E-state index < -0.39 is 6.04 Å². The Morgan fingerprint density at radius 2 is 1.82 bits per heavy atom. The van der Waals surface area contributed by atoms with Gasteiger partial charge in [0.15, 0.2) is 0 Å². The van der Waals surface area contributed by atoms with Gasteiger partial charge in [0.1, 0.15) is 0 Å².